The number of anilines is 1. The highest BCUT2D eigenvalue weighted by molar-refractivity contribution is 7.99. The van der Waals surface area contributed by atoms with E-state index >= 15 is 0 Å². The molecule has 1 N–H and O–H groups in total. The summed E-state index contributed by atoms with van der Waals surface area (Å²) in [5, 5.41) is 12.5. The highest BCUT2D eigenvalue weighted by Crippen LogP contribution is 2.31. The number of hydrogen-bond donors (Lipinski definition) is 1. The number of aromatic nitrogens is 3. The first-order chi connectivity index (χ1) is 17.3. The van der Waals surface area contributed by atoms with Gasteiger partial charge in [-0.15, -0.1) is 10.2 Å². The van der Waals surface area contributed by atoms with Crippen molar-refractivity contribution >= 4 is 23.4 Å². The molecule has 0 aliphatic carbocycles. The number of methoxy groups -OCH3 is 2. The van der Waals surface area contributed by atoms with Crippen LogP contribution >= 0.6 is 11.8 Å². The minimum Gasteiger partial charge on any atom is -0.497 e. The zero-order valence-corrected chi connectivity index (χ0v) is 21.9. The van der Waals surface area contributed by atoms with Gasteiger partial charge in [-0.1, -0.05) is 68.9 Å². The topological polar surface area (TPSA) is 78.3 Å². The summed E-state index contributed by atoms with van der Waals surface area (Å²) in [5.74, 6) is 2.07. The number of thioether (sulfide) groups is 1. The number of para-hydroxylation sites is 2. The maximum absolute atomic E-state index is 12.7. The molecule has 8 heteroatoms. The molecule has 1 amide bonds. The summed E-state index contributed by atoms with van der Waals surface area (Å²) in [5.41, 5.74) is 3.74. The standard InChI is InChI=1S/C28H30N4O3S/c1-28(2,3)20-12-10-19(11-13-20)26-30-31-27(32(26)21-14-16-22(34-4)17-15-21)36-18-25(33)29-23-8-6-7-9-24(23)35-5/h6-17H,18H2,1-5H3,(H,29,33). The van der Waals surface area contributed by atoms with Gasteiger partial charge in [-0.25, -0.2) is 0 Å². The maximum Gasteiger partial charge on any atom is 0.234 e. The zero-order valence-electron chi connectivity index (χ0n) is 21.1. The first-order valence-electron chi connectivity index (χ1n) is 11.6. The normalized spacial score (nSPS) is 11.2. The first-order valence-corrected chi connectivity index (χ1v) is 12.5. The van der Waals surface area contributed by atoms with E-state index in [-0.39, 0.29) is 17.1 Å². The average molecular weight is 503 g/mol. The van der Waals surface area contributed by atoms with E-state index in [0.717, 1.165) is 17.0 Å². The minimum atomic E-state index is -0.162. The Bertz CT molecular complexity index is 1330. The van der Waals surface area contributed by atoms with Gasteiger partial charge in [-0.2, -0.15) is 0 Å². The second kappa shape index (κ2) is 10.9. The van der Waals surface area contributed by atoms with Crippen LogP contribution in [0, 0.1) is 0 Å². The van der Waals surface area contributed by atoms with E-state index in [0.29, 0.717) is 22.4 Å². The Hall–Kier alpha value is -3.78. The van der Waals surface area contributed by atoms with Crippen molar-refractivity contribution in [3.05, 3.63) is 78.4 Å². The fourth-order valence-corrected chi connectivity index (χ4v) is 4.45. The van der Waals surface area contributed by atoms with Crippen molar-refractivity contribution in [3.63, 3.8) is 0 Å². The second-order valence-corrected chi connectivity index (χ2v) is 10.1. The lowest BCUT2D eigenvalue weighted by molar-refractivity contribution is -0.113. The summed E-state index contributed by atoms with van der Waals surface area (Å²) in [4.78, 5) is 12.7. The van der Waals surface area contributed by atoms with Crippen LogP contribution in [-0.4, -0.2) is 40.6 Å². The third-order valence-corrected chi connectivity index (χ3v) is 6.62. The predicted molar refractivity (Wildman–Crippen MR) is 144 cm³/mol. The number of hydrogen-bond acceptors (Lipinski definition) is 6. The van der Waals surface area contributed by atoms with Gasteiger partial charge < -0.3 is 14.8 Å². The summed E-state index contributed by atoms with van der Waals surface area (Å²) >= 11 is 1.32. The van der Waals surface area contributed by atoms with Crippen LogP contribution in [0.5, 0.6) is 11.5 Å². The van der Waals surface area contributed by atoms with Crippen LogP contribution in [0.3, 0.4) is 0 Å². The van der Waals surface area contributed by atoms with E-state index < -0.39 is 0 Å². The van der Waals surface area contributed by atoms with Gasteiger partial charge in [0.2, 0.25) is 5.91 Å². The minimum absolute atomic E-state index is 0.0536. The maximum atomic E-state index is 12.7. The van der Waals surface area contributed by atoms with Gasteiger partial charge in [0.25, 0.3) is 0 Å². The van der Waals surface area contributed by atoms with Gasteiger partial charge in [0, 0.05) is 11.3 Å². The molecule has 1 heterocycles. The van der Waals surface area contributed by atoms with Gasteiger partial charge in [-0.05, 0) is 47.4 Å². The smallest absolute Gasteiger partial charge is 0.234 e. The molecular formula is C28H30N4O3S. The number of amides is 1. The summed E-state index contributed by atoms with van der Waals surface area (Å²) in [6.07, 6.45) is 0. The molecule has 0 unspecified atom stereocenters. The monoisotopic (exact) mass is 502 g/mol. The molecule has 0 atom stereocenters. The summed E-state index contributed by atoms with van der Waals surface area (Å²) in [7, 11) is 3.21. The van der Waals surface area contributed by atoms with Gasteiger partial charge in [0.05, 0.1) is 25.7 Å². The van der Waals surface area contributed by atoms with Crippen LogP contribution in [0.25, 0.3) is 17.1 Å². The molecular weight excluding hydrogens is 472 g/mol. The van der Waals surface area contributed by atoms with E-state index in [4.69, 9.17) is 9.47 Å². The van der Waals surface area contributed by atoms with Crippen molar-refractivity contribution in [1.82, 2.24) is 14.8 Å². The Balaban J connectivity index is 1.62. The Morgan fingerprint density at radius 1 is 0.917 bits per heavy atom. The van der Waals surface area contributed by atoms with Crippen molar-refractivity contribution in [1.29, 1.82) is 0 Å². The van der Waals surface area contributed by atoms with Crippen molar-refractivity contribution < 1.29 is 14.3 Å². The lowest BCUT2D eigenvalue weighted by atomic mass is 9.87. The second-order valence-electron chi connectivity index (χ2n) is 9.20. The molecule has 0 fully saturated rings. The van der Waals surface area contributed by atoms with Crippen LogP contribution in [0.1, 0.15) is 26.3 Å². The number of carbonyl (C=O) groups excluding carboxylic acids is 1. The van der Waals surface area contributed by atoms with Crippen LogP contribution < -0.4 is 14.8 Å². The summed E-state index contributed by atoms with van der Waals surface area (Å²) in [6, 6.07) is 23.4. The van der Waals surface area contributed by atoms with E-state index in [1.54, 1.807) is 26.4 Å². The van der Waals surface area contributed by atoms with Crippen LogP contribution in [0.15, 0.2) is 78.0 Å². The van der Waals surface area contributed by atoms with E-state index in [9.17, 15) is 4.79 Å². The molecule has 3 aromatic carbocycles. The molecule has 0 saturated heterocycles. The third kappa shape index (κ3) is 5.71. The molecule has 7 nitrogen and oxygen atoms in total. The van der Waals surface area contributed by atoms with Crippen LogP contribution in [0.2, 0.25) is 0 Å². The SMILES string of the molecule is COc1ccc(-n2c(SCC(=O)Nc3ccccc3OC)nnc2-c2ccc(C(C)(C)C)cc2)cc1. The Labute approximate surface area is 215 Å². The van der Waals surface area contributed by atoms with E-state index in [2.05, 4.69) is 60.6 Å². The van der Waals surface area contributed by atoms with E-state index in [1.807, 2.05) is 41.0 Å². The lowest BCUT2D eigenvalue weighted by Crippen LogP contribution is -2.15. The summed E-state index contributed by atoms with van der Waals surface area (Å²) < 4.78 is 12.6. The highest BCUT2D eigenvalue weighted by atomic mass is 32.2. The third-order valence-electron chi connectivity index (χ3n) is 5.69. The molecule has 4 rings (SSSR count). The molecule has 0 aliphatic heterocycles. The number of nitrogens with one attached hydrogen (secondary N) is 1. The van der Waals surface area contributed by atoms with Gasteiger partial charge >= 0.3 is 0 Å². The first kappa shape index (κ1) is 25.3. The quantitative estimate of drug-likeness (QED) is 0.299. The fourth-order valence-electron chi connectivity index (χ4n) is 3.70. The van der Waals surface area contributed by atoms with Crippen molar-refractivity contribution in [3.8, 4) is 28.6 Å². The highest BCUT2D eigenvalue weighted by Gasteiger charge is 2.19. The zero-order chi connectivity index (χ0) is 25.7. The van der Waals surface area contributed by atoms with Crippen molar-refractivity contribution in [2.45, 2.75) is 31.3 Å². The van der Waals surface area contributed by atoms with Gasteiger partial charge in [0.15, 0.2) is 11.0 Å². The van der Waals surface area contributed by atoms with Crippen molar-refractivity contribution in [2.75, 3.05) is 25.3 Å². The lowest BCUT2D eigenvalue weighted by Gasteiger charge is -2.19. The largest absolute Gasteiger partial charge is 0.497 e. The number of benzene rings is 3. The fraction of sp³-hybridized carbons (Fsp3) is 0.250. The number of nitrogens with zero attached hydrogens (tertiary/aromatic N) is 3. The van der Waals surface area contributed by atoms with Crippen molar-refractivity contribution in [2.24, 2.45) is 0 Å². The van der Waals surface area contributed by atoms with Crippen LogP contribution in [-0.2, 0) is 10.2 Å². The van der Waals surface area contributed by atoms with Gasteiger partial charge in [0.1, 0.15) is 11.5 Å². The van der Waals surface area contributed by atoms with Gasteiger partial charge in [-0.3, -0.25) is 9.36 Å². The number of ether oxygens (including phenoxy) is 2. The Kier molecular flexibility index (Phi) is 7.64. The molecule has 0 aliphatic rings. The molecule has 1 aromatic heterocycles. The average Bonchev–Trinajstić information content (AvgIpc) is 3.31. The molecule has 0 bridgehead atoms. The number of carbonyl (C=O) groups is 1. The molecule has 4 aromatic rings. The summed E-state index contributed by atoms with van der Waals surface area (Å²) in [6.45, 7) is 6.56. The Morgan fingerprint density at radius 2 is 1.61 bits per heavy atom. The molecule has 186 valence electrons. The van der Waals surface area contributed by atoms with E-state index in [1.165, 1.54) is 17.3 Å². The van der Waals surface area contributed by atoms with Crippen LogP contribution in [0.4, 0.5) is 5.69 Å². The molecule has 36 heavy (non-hydrogen) atoms. The molecule has 0 spiro atoms. The molecule has 0 radical (unpaired) electrons. The Morgan fingerprint density at radius 3 is 2.25 bits per heavy atom. The molecule has 0 saturated carbocycles. The predicted octanol–water partition coefficient (Wildman–Crippen LogP) is 5.98. The number of rotatable bonds is 8.